The van der Waals surface area contributed by atoms with E-state index in [4.69, 9.17) is 5.11 Å². The highest BCUT2D eigenvalue weighted by molar-refractivity contribution is 5.66. The summed E-state index contributed by atoms with van der Waals surface area (Å²) in [5.74, 6) is 0.0644. The molecule has 1 heterocycles. The van der Waals surface area contributed by atoms with Gasteiger partial charge in [-0.15, -0.1) is 0 Å². The standard InChI is InChI=1S/C9H15NO2/c1-10-5-9(6-10)4-7(9)2-3-8(11)12/h7H,2-6H2,1H3,(H,11,12). The predicted octanol–water partition coefficient (Wildman–Crippen LogP) is 0.803. The van der Waals surface area contributed by atoms with Crippen LogP contribution >= 0.6 is 0 Å². The van der Waals surface area contributed by atoms with Crippen LogP contribution in [0.3, 0.4) is 0 Å². The quantitative estimate of drug-likeness (QED) is 0.679. The van der Waals surface area contributed by atoms with Gasteiger partial charge in [-0.2, -0.15) is 0 Å². The first-order chi connectivity index (χ1) is 5.62. The molecule has 0 aromatic heterocycles. The van der Waals surface area contributed by atoms with E-state index in [9.17, 15) is 4.79 Å². The van der Waals surface area contributed by atoms with Gasteiger partial charge in [0.05, 0.1) is 0 Å². The van der Waals surface area contributed by atoms with Gasteiger partial charge in [-0.1, -0.05) is 0 Å². The summed E-state index contributed by atoms with van der Waals surface area (Å²) in [6.45, 7) is 2.38. The Balaban J connectivity index is 1.71. The summed E-state index contributed by atoms with van der Waals surface area (Å²) in [6, 6.07) is 0. The number of carbonyl (C=O) groups is 1. The van der Waals surface area contributed by atoms with Crippen LogP contribution < -0.4 is 0 Å². The molecule has 0 bridgehead atoms. The van der Waals surface area contributed by atoms with Crippen molar-refractivity contribution in [3.63, 3.8) is 0 Å². The summed E-state index contributed by atoms with van der Waals surface area (Å²) >= 11 is 0. The van der Waals surface area contributed by atoms with Gasteiger partial charge in [0, 0.05) is 19.5 Å². The maximum absolute atomic E-state index is 10.3. The van der Waals surface area contributed by atoms with Crippen molar-refractivity contribution in [3.05, 3.63) is 0 Å². The molecule has 1 unspecified atom stereocenters. The molecular weight excluding hydrogens is 154 g/mol. The lowest BCUT2D eigenvalue weighted by Gasteiger charge is -2.38. The summed E-state index contributed by atoms with van der Waals surface area (Å²) in [4.78, 5) is 12.6. The van der Waals surface area contributed by atoms with Crippen molar-refractivity contribution in [2.75, 3.05) is 20.1 Å². The number of hydrogen-bond donors (Lipinski definition) is 1. The predicted molar refractivity (Wildman–Crippen MR) is 44.9 cm³/mol. The normalized spacial score (nSPS) is 31.6. The van der Waals surface area contributed by atoms with Crippen LogP contribution in [-0.4, -0.2) is 36.1 Å². The molecule has 3 heteroatoms. The minimum Gasteiger partial charge on any atom is -0.481 e. The molecule has 0 radical (unpaired) electrons. The van der Waals surface area contributed by atoms with E-state index in [1.165, 1.54) is 19.5 Å². The lowest BCUT2D eigenvalue weighted by molar-refractivity contribution is -0.137. The Bertz CT molecular complexity index is 209. The third kappa shape index (κ3) is 1.22. The van der Waals surface area contributed by atoms with Crippen molar-refractivity contribution in [3.8, 4) is 0 Å². The minimum atomic E-state index is -0.648. The molecule has 0 aromatic rings. The Morgan fingerprint density at radius 2 is 2.33 bits per heavy atom. The molecule has 1 aliphatic carbocycles. The van der Waals surface area contributed by atoms with Crippen molar-refractivity contribution >= 4 is 5.97 Å². The van der Waals surface area contributed by atoms with Crippen molar-refractivity contribution in [2.45, 2.75) is 19.3 Å². The van der Waals surface area contributed by atoms with Gasteiger partial charge in [-0.25, -0.2) is 0 Å². The van der Waals surface area contributed by atoms with Crippen LogP contribution in [0.5, 0.6) is 0 Å². The van der Waals surface area contributed by atoms with Gasteiger partial charge < -0.3 is 10.0 Å². The second-order valence-electron chi connectivity index (χ2n) is 4.37. The summed E-state index contributed by atoms with van der Waals surface area (Å²) in [5, 5.41) is 8.49. The fourth-order valence-electron chi connectivity index (χ4n) is 2.55. The molecule has 68 valence electrons. The van der Waals surface area contributed by atoms with Crippen LogP contribution in [0.1, 0.15) is 19.3 Å². The van der Waals surface area contributed by atoms with Crippen molar-refractivity contribution in [1.82, 2.24) is 4.90 Å². The second kappa shape index (κ2) is 2.46. The van der Waals surface area contributed by atoms with Crippen LogP contribution in [0.25, 0.3) is 0 Å². The number of aliphatic carboxylic acids is 1. The van der Waals surface area contributed by atoms with Crippen LogP contribution in [-0.2, 0) is 4.79 Å². The molecule has 0 amide bonds. The zero-order chi connectivity index (χ0) is 8.77. The largest absolute Gasteiger partial charge is 0.481 e. The van der Waals surface area contributed by atoms with Crippen molar-refractivity contribution < 1.29 is 9.90 Å². The number of likely N-dealkylation sites (tertiary alicyclic amines) is 1. The first kappa shape index (κ1) is 8.05. The second-order valence-corrected chi connectivity index (χ2v) is 4.37. The van der Waals surface area contributed by atoms with Gasteiger partial charge >= 0.3 is 5.97 Å². The molecule has 0 aromatic carbocycles. The lowest BCUT2D eigenvalue weighted by Crippen LogP contribution is -2.46. The third-order valence-corrected chi connectivity index (χ3v) is 3.24. The molecule has 2 rings (SSSR count). The van der Waals surface area contributed by atoms with Gasteiger partial charge in [0.25, 0.3) is 0 Å². The fourth-order valence-corrected chi connectivity index (χ4v) is 2.55. The Morgan fingerprint density at radius 3 is 2.83 bits per heavy atom. The van der Waals surface area contributed by atoms with E-state index in [1.54, 1.807) is 0 Å². The average Bonchev–Trinajstić information content (AvgIpc) is 2.58. The Labute approximate surface area is 72.4 Å². The molecule has 2 aliphatic rings. The summed E-state index contributed by atoms with van der Waals surface area (Å²) < 4.78 is 0. The minimum absolute atomic E-state index is 0.357. The first-order valence-electron chi connectivity index (χ1n) is 4.53. The van der Waals surface area contributed by atoms with Crippen LogP contribution in [0, 0.1) is 11.3 Å². The molecule has 3 nitrogen and oxygen atoms in total. The van der Waals surface area contributed by atoms with Gasteiger partial charge in [0.15, 0.2) is 0 Å². The number of rotatable bonds is 3. The van der Waals surface area contributed by atoms with E-state index in [2.05, 4.69) is 11.9 Å². The maximum atomic E-state index is 10.3. The molecular formula is C9H15NO2. The highest BCUT2D eigenvalue weighted by atomic mass is 16.4. The first-order valence-corrected chi connectivity index (χ1v) is 4.53. The monoisotopic (exact) mass is 169 g/mol. The van der Waals surface area contributed by atoms with E-state index in [0.717, 1.165) is 6.42 Å². The van der Waals surface area contributed by atoms with E-state index in [0.29, 0.717) is 17.8 Å². The molecule has 1 atom stereocenters. The van der Waals surface area contributed by atoms with Crippen LogP contribution in [0.4, 0.5) is 0 Å². The van der Waals surface area contributed by atoms with Crippen LogP contribution in [0.15, 0.2) is 0 Å². The lowest BCUT2D eigenvalue weighted by atomic mass is 9.93. The molecule has 12 heavy (non-hydrogen) atoms. The number of carboxylic acid groups (broad SMARTS) is 1. The zero-order valence-electron chi connectivity index (χ0n) is 7.42. The molecule has 1 saturated carbocycles. The van der Waals surface area contributed by atoms with Gasteiger partial charge in [0.1, 0.15) is 0 Å². The third-order valence-electron chi connectivity index (χ3n) is 3.24. The molecule has 1 saturated heterocycles. The molecule has 2 fully saturated rings. The van der Waals surface area contributed by atoms with E-state index < -0.39 is 5.97 Å². The molecule has 1 spiro atoms. The summed E-state index contributed by atoms with van der Waals surface area (Å²) in [5.41, 5.74) is 0.560. The molecule has 1 aliphatic heterocycles. The summed E-state index contributed by atoms with van der Waals surface area (Å²) in [6.07, 6.45) is 2.52. The van der Waals surface area contributed by atoms with E-state index in [1.807, 2.05) is 0 Å². The number of nitrogens with zero attached hydrogens (tertiary/aromatic N) is 1. The zero-order valence-corrected chi connectivity index (χ0v) is 7.42. The van der Waals surface area contributed by atoms with E-state index in [-0.39, 0.29) is 0 Å². The van der Waals surface area contributed by atoms with Crippen molar-refractivity contribution in [1.29, 1.82) is 0 Å². The van der Waals surface area contributed by atoms with Gasteiger partial charge in [-0.3, -0.25) is 4.79 Å². The number of carboxylic acids is 1. The SMILES string of the molecule is CN1CC2(CC2CCC(=O)O)C1. The van der Waals surface area contributed by atoms with Gasteiger partial charge in [-0.05, 0) is 31.2 Å². The topological polar surface area (TPSA) is 40.5 Å². The van der Waals surface area contributed by atoms with Crippen molar-refractivity contribution in [2.24, 2.45) is 11.3 Å². The van der Waals surface area contributed by atoms with Crippen LogP contribution in [0.2, 0.25) is 0 Å². The summed E-state index contributed by atoms with van der Waals surface area (Å²) in [7, 11) is 2.12. The van der Waals surface area contributed by atoms with Gasteiger partial charge in [0.2, 0.25) is 0 Å². The Morgan fingerprint density at radius 1 is 1.67 bits per heavy atom. The smallest absolute Gasteiger partial charge is 0.303 e. The highest BCUT2D eigenvalue weighted by Gasteiger charge is 2.59. The highest BCUT2D eigenvalue weighted by Crippen LogP contribution is 2.60. The molecule has 1 N–H and O–H groups in total. The Hall–Kier alpha value is -0.570. The Kier molecular flexibility index (Phi) is 1.65. The average molecular weight is 169 g/mol. The maximum Gasteiger partial charge on any atom is 0.303 e. The van der Waals surface area contributed by atoms with E-state index >= 15 is 0 Å². The fraction of sp³-hybridized carbons (Fsp3) is 0.889. The number of hydrogen-bond acceptors (Lipinski definition) is 2.